The Morgan fingerprint density at radius 2 is 2.12 bits per heavy atom. The first kappa shape index (κ1) is 11.1. The van der Waals surface area contributed by atoms with Crippen LogP contribution in [-0.4, -0.2) is 24.5 Å². The Morgan fingerprint density at radius 1 is 1.44 bits per heavy atom. The van der Waals surface area contributed by atoms with Gasteiger partial charge in [-0.15, -0.1) is 0 Å². The molecule has 1 aromatic carbocycles. The molecule has 0 bridgehead atoms. The van der Waals surface area contributed by atoms with Crippen molar-refractivity contribution in [2.45, 2.75) is 25.8 Å². The molecule has 1 unspecified atom stereocenters. The van der Waals surface area contributed by atoms with Gasteiger partial charge in [-0.05, 0) is 26.0 Å². The van der Waals surface area contributed by atoms with Gasteiger partial charge in [0, 0.05) is 5.54 Å². The van der Waals surface area contributed by atoms with Crippen molar-refractivity contribution in [2.75, 3.05) is 6.61 Å². The molecule has 1 heterocycles. The van der Waals surface area contributed by atoms with E-state index in [0.29, 0.717) is 12.2 Å². The van der Waals surface area contributed by atoms with Crippen molar-refractivity contribution in [1.82, 2.24) is 5.32 Å². The van der Waals surface area contributed by atoms with E-state index in [1.807, 2.05) is 19.9 Å². The summed E-state index contributed by atoms with van der Waals surface area (Å²) >= 11 is 0. The summed E-state index contributed by atoms with van der Waals surface area (Å²) in [5, 5.41) is 3.07. The molecule has 86 valence electrons. The normalized spacial score (nSPS) is 23.0. The predicted octanol–water partition coefficient (Wildman–Crippen LogP) is 1.53. The van der Waals surface area contributed by atoms with Crippen LogP contribution in [0.25, 0.3) is 0 Å². The third-order valence-corrected chi connectivity index (χ3v) is 2.33. The molecule has 2 rings (SSSR count). The summed E-state index contributed by atoms with van der Waals surface area (Å²) in [5.41, 5.74) is 0.374. The van der Waals surface area contributed by atoms with Crippen molar-refractivity contribution in [3.8, 4) is 0 Å². The van der Waals surface area contributed by atoms with E-state index in [0.717, 1.165) is 0 Å². The molecule has 0 aromatic heterocycles. The highest BCUT2D eigenvalue weighted by atomic mass is 16.7. The fraction of sp³-hybridized carbons (Fsp3) is 0.417. The summed E-state index contributed by atoms with van der Waals surface area (Å²) in [4.78, 5) is 11.7. The lowest BCUT2D eigenvalue weighted by molar-refractivity contribution is -0.0883. The summed E-state index contributed by atoms with van der Waals surface area (Å²) in [6.07, 6.45) is -0.650. The Kier molecular flexibility index (Phi) is 2.94. The second-order valence-electron chi connectivity index (χ2n) is 4.44. The van der Waals surface area contributed by atoms with E-state index in [1.54, 1.807) is 24.3 Å². The molecular formula is C12H15NO3. The molecule has 0 radical (unpaired) electrons. The number of carbonyl (C=O) groups is 1. The molecule has 1 atom stereocenters. The Morgan fingerprint density at radius 3 is 2.69 bits per heavy atom. The van der Waals surface area contributed by atoms with Crippen molar-refractivity contribution in [3.63, 3.8) is 0 Å². The highest BCUT2D eigenvalue weighted by Gasteiger charge is 2.33. The van der Waals surface area contributed by atoms with Gasteiger partial charge in [-0.1, -0.05) is 18.2 Å². The molecule has 1 N–H and O–H groups in total. The lowest BCUT2D eigenvalue weighted by Gasteiger charge is -2.16. The van der Waals surface area contributed by atoms with Crippen LogP contribution < -0.4 is 5.32 Å². The maximum absolute atomic E-state index is 11.7. The first-order chi connectivity index (χ1) is 7.57. The van der Waals surface area contributed by atoms with Crippen LogP contribution in [0, 0.1) is 0 Å². The first-order valence-electron chi connectivity index (χ1n) is 5.22. The second kappa shape index (κ2) is 4.23. The van der Waals surface area contributed by atoms with Gasteiger partial charge in [0.05, 0.1) is 12.2 Å². The van der Waals surface area contributed by atoms with Crippen LogP contribution in [-0.2, 0) is 9.47 Å². The number of nitrogens with one attached hydrogen (secondary N) is 1. The molecule has 0 spiro atoms. The molecule has 0 saturated carbocycles. The maximum atomic E-state index is 11.7. The lowest BCUT2D eigenvalue weighted by atomic mass is 10.1. The quantitative estimate of drug-likeness (QED) is 0.769. The summed E-state index contributed by atoms with van der Waals surface area (Å²) < 4.78 is 10.5. The predicted molar refractivity (Wildman–Crippen MR) is 58.8 cm³/mol. The lowest BCUT2D eigenvalue weighted by Crippen LogP contribution is -2.40. The van der Waals surface area contributed by atoms with Crippen LogP contribution in [0.3, 0.4) is 0 Å². The summed E-state index contributed by atoms with van der Waals surface area (Å²) in [5.74, 6) is -0.379. The van der Waals surface area contributed by atoms with E-state index >= 15 is 0 Å². The molecule has 0 aliphatic carbocycles. The van der Waals surface area contributed by atoms with Gasteiger partial charge in [0.1, 0.15) is 0 Å². The van der Waals surface area contributed by atoms with E-state index < -0.39 is 6.41 Å². The Labute approximate surface area is 94.6 Å². The van der Waals surface area contributed by atoms with E-state index in [9.17, 15) is 4.79 Å². The number of hydrogen-bond donors (Lipinski definition) is 1. The smallest absolute Gasteiger partial charge is 0.341 e. The summed E-state index contributed by atoms with van der Waals surface area (Å²) in [6, 6.07) is 8.86. The largest absolute Gasteiger partial charge is 0.418 e. The fourth-order valence-electron chi connectivity index (χ4n) is 1.49. The zero-order chi connectivity index (χ0) is 11.6. The molecule has 16 heavy (non-hydrogen) atoms. The van der Waals surface area contributed by atoms with Crippen molar-refractivity contribution in [1.29, 1.82) is 0 Å². The molecule has 4 nitrogen and oxygen atoms in total. The number of ether oxygens (including phenoxy) is 2. The average molecular weight is 221 g/mol. The standard InChI is InChI=1S/C12H15NO3/c1-12(2)8-15-11(13-12)16-10(14)9-6-4-3-5-7-9/h3-7,11,13H,8H2,1-2H3. The molecule has 0 amide bonds. The molecule has 4 heteroatoms. The van der Waals surface area contributed by atoms with Crippen molar-refractivity contribution < 1.29 is 14.3 Å². The van der Waals surface area contributed by atoms with Gasteiger partial charge in [0.15, 0.2) is 0 Å². The molecule has 1 aromatic rings. The van der Waals surface area contributed by atoms with Gasteiger partial charge in [-0.25, -0.2) is 4.79 Å². The number of rotatable bonds is 2. The van der Waals surface area contributed by atoms with Gasteiger partial charge in [0.2, 0.25) is 0 Å². The highest BCUT2D eigenvalue weighted by molar-refractivity contribution is 5.89. The zero-order valence-electron chi connectivity index (χ0n) is 9.40. The van der Waals surface area contributed by atoms with Crippen molar-refractivity contribution >= 4 is 5.97 Å². The van der Waals surface area contributed by atoms with Crippen LogP contribution in [0.2, 0.25) is 0 Å². The molecule has 1 aliphatic heterocycles. The van der Waals surface area contributed by atoms with Crippen LogP contribution >= 0.6 is 0 Å². The molecular weight excluding hydrogens is 206 g/mol. The number of esters is 1. The number of carbonyl (C=O) groups excluding carboxylic acids is 1. The van der Waals surface area contributed by atoms with Gasteiger partial charge in [0.25, 0.3) is 6.41 Å². The van der Waals surface area contributed by atoms with Gasteiger partial charge >= 0.3 is 5.97 Å². The van der Waals surface area contributed by atoms with Crippen LogP contribution in [0.15, 0.2) is 30.3 Å². The monoisotopic (exact) mass is 221 g/mol. The number of hydrogen-bond acceptors (Lipinski definition) is 4. The van der Waals surface area contributed by atoms with Gasteiger partial charge in [-0.3, -0.25) is 5.32 Å². The van der Waals surface area contributed by atoms with E-state index in [2.05, 4.69) is 5.32 Å². The minimum Gasteiger partial charge on any atom is -0.418 e. The zero-order valence-corrected chi connectivity index (χ0v) is 9.40. The maximum Gasteiger partial charge on any atom is 0.341 e. The van der Waals surface area contributed by atoms with Crippen LogP contribution in [0.1, 0.15) is 24.2 Å². The topological polar surface area (TPSA) is 47.6 Å². The van der Waals surface area contributed by atoms with Gasteiger partial charge < -0.3 is 9.47 Å². The fourth-order valence-corrected chi connectivity index (χ4v) is 1.49. The SMILES string of the molecule is CC1(C)COC(OC(=O)c2ccccc2)N1. The van der Waals surface area contributed by atoms with Crippen LogP contribution in [0.5, 0.6) is 0 Å². The number of benzene rings is 1. The van der Waals surface area contributed by atoms with Crippen molar-refractivity contribution in [2.24, 2.45) is 0 Å². The van der Waals surface area contributed by atoms with Crippen molar-refractivity contribution in [3.05, 3.63) is 35.9 Å². The van der Waals surface area contributed by atoms with Gasteiger partial charge in [-0.2, -0.15) is 0 Å². The van der Waals surface area contributed by atoms with E-state index in [-0.39, 0.29) is 11.5 Å². The minimum atomic E-state index is -0.650. The summed E-state index contributed by atoms with van der Waals surface area (Å²) in [7, 11) is 0. The third-order valence-electron chi connectivity index (χ3n) is 2.33. The first-order valence-corrected chi connectivity index (χ1v) is 5.22. The second-order valence-corrected chi connectivity index (χ2v) is 4.44. The molecule has 1 saturated heterocycles. The molecule has 1 fully saturated rings. The van der Waals surface area contributed by atoms with Crippen LogP contribution in [0.4, 0.5) is 0 Å². The summed E-state index contributed by atoms with van der Waals surface area (Å²) in [6.45, 7) is 4.51. The van der Waals surface area contributed by atoms with E-state index in [1.165, 1.54) is 0 Å². The Balaban J connectivity index is 1.94. The Bertz CT molecular complexity index is 375. The van der Waals surface area contributed by atoms with E-state index in [4.69, 9.17) is 9.47 Å². The molecule has 1 aliphatic rings. The minimum absolute atomic E-state index is 0.151. The average Bonchev–Trinajstić information content (AvgIpc) is 2.59. The highest BCUT2D eigenvalue weighted by Crippen LogP contribution is 2.15. The Hall–Kier alpha value is -1.39. The third kappa shape index (κ3) is 2.59.